The number of methoxy groups -OCH3 is 2. The van der Waals surface area contributed by atoms with Crippen molar-refractivity contribution in [2.45, 2.75) is 12.5 Å². The van der Waals surface area contributed by atoms with Gasteiger partial charge in [-0.3, -0.25) is 4.79 Å². The highest BCUT2D eigenvalue weighted by atomic mass is 16.5. The summed E-state index contributed by atoms with van der Waals surface area (Å²) in [6.45, 7) is 1.24. The Morgan fingerprint density at radius 3 is 2.63 bits per heavy atom. The Hall–Kier alpha value is -2.73. The molecule has 6 heteroatoms. The van der Waals surface area contributed by atoms with Crippen LogP contribution in [0.2, 0.25) is 0 Å². The fourth-order valence-corrected chi connectivity index (χ4v) is 3.28. The number of amides is 1. The lowest BCUT2D eigenvalue weighted by Gasteiger charge is -2.25. The van der Waals surface area contributed by atoms with Gasteiger partial charge in [0.05, 0.1) is 26.9 Å². The van der Waals surface area contributed by atoms with E-state index < -0.39 is 0 Å². The summed E-state index contributed by atoms with van der Waals surface area (Å²) >= 11 is 0. The number of carbonyl (C=O) groups is 1. The van der Waals surface area contributed by atoms with E-state index in [1.807, 2.05) is 20.2 Å². The van der Waals surface area contributed by atoms with Crippen molar-refractivity contribution < 1.29 is 19.0 Å². The normalized spacial score (nSPS) is 13.7. The predicted molar refractivity (Wildman–Crippen MR) is 104 cm³/mol. The standard InChI is InChI=1S/C21H26N2O4/c1-23(2)17(14-5-7-18-15(11-14)9-10-27-18)13-22-21(24)16-6-8-19(25-3)20(12-16)26-4/h5-8,11-12,17H,9-10,13H2,1-4H3,(H,22,24). The Kier molecular flexibility index (Phi) is 5.86. The lowest BCUT2D eigenvalue weighted by molar-refractivity contribution is 0.0941. The topological polar surface area (TPSA) is 60.0 Å². The van der Waals surface area contributed by atoms with E-state index in [0.29, 0.717) is 23.6 Å². The first kappa shape index (κ1) is 19.0. The minimum atomic E-state index is -0.146. The molecule has 0 bridgehead atoms. The lowest BCUT2D eigenvalue weighted by Crippen LogP contribution is -2.34. The van der Waals surface area contributed by atoms with Gasteiger partial charge in [0.1, 0.15) is 5.75 Å². The first-order chi connectivity index (χ1) is 13.0. The number of ether oxygens (including phenoxy) is 3. The zero-order valence-electron chi connectivity index (χ0n) is 16.2. The van der Waals surface area contributed by atoms with Crippen molar-refractivity contribution in [3.8, 4) is 17.2 Å². The van der Waals surface area contributed by atoms with Gasteiger partial charge in [-0.25, -0.2) is 0 Å². The molecule has 0 saturated heterocycles. The molecule has 1 heterocycles. The summed E-state index contributed by atoms with van der Waals surface area (Å²) in [5.41, 5.74) is 2.93. The highest BCUT2D eigenvalue weighted by Crippen LogP contribution is 2.30. The molecule has 1 N–H and O–H groups in total. The maximum atomic E-state index is 12.6. The first-order valence-corrected chi connectivity index (χ1v) is 8.95. The quantitative estimate of drug-likeness (QED) is 0.812. The van der Waals surface area contributed by atoms with Crippen molar-refractivity contribution in [2.24, 2.45) is 0 Å². The molecule has 1 aliphatic heterocycles. The lowest BCUT2D eigenvalue weighted by atomic mass is 10.0. The second kappa shape index (κ2) is 8.31. The number of rotatable bonds is 7. The van der Waals surface area contributed by atoms with Crippen LogP contribution in [0.15, 0.2) is 36.4 Å². The van der Waals surface area contributed by atoms with Crippen LogP contribution in [0.1, 0.15) is 27.5 Å². The second-order valence-electron chi connectivity index (χ2n) is 6.72. The highest BCUT2D eigenvalue weighted by molar-refractivity contribution is 5.94. The van der Waals surface area contributed by atoms with Crippen LogP contribution in [-0.2, 0) is 6.42 Å². The van der Waals surface area contributed by atoms with Crippen molar-refractivity contribution >= 4 is 5.91 Å². The Morgan fingerprint density at radius 1 is 1.15 bits per heavy atom. The zero-order valence-corrected chi connectivity index (χ0v) is 16.2. The summed E-state index contributed by atoms with van der Waals surface area (Å²) in [7, 11) is 7.15. The van der Waals surface area contributed by atoms with E-state index in [0.717, 1.165) is 24.3 Å². The van der Waals surface area contributed by atoms with Gasteiger partial charge in [0.15, 0.2) is 11.5 Å². The van der Waals surface area contributed by atoms with E-state index in [2.05, 4.69) is 22.3 Å². The van der Waals surface area contributed by atoms with E-state index in [1.165, 1.54) is 5.56 Å². The third kappa shape index (κ3) is 4.17. The third-order valence-corrected chi connectivity index (χ3v) is 4.82. The number of likely N-dealkylation sites (N-methyl/N-ethyl adjacent to an activating group) is 1. The van der Waals surface area contributed by atoms with E-state index in [9.17, 15) is 4.79 Å². The third-order valence-electron chi connectivity index (χ3n) is 4.82. The SMILES string of the molecule is COc1ccc(C(=O)NCC(c2ccc3c(c2)CCO3)N(C)C)cc1OC. The molecule has 0 saturated carbocycles. The van der Waals surface area contributed by atoms with Gasteiger partial charge in [0.25, 0.3) is 5.91 Å². The van der Waals surface area contributed by atoms with Crippen molar-refractivity contribution in [3.05, 3.63) is 53.1 Å². The van der Waals surface area contributed by atoms with Crippen LogP contribution in [0.4, 0.5) is 0 Å². The fourth-order valence-electron chi connectivity index (χ4n) is 3.28. The molecule has 1 unspecified atom stereocenters. The minimum absolute atomic E-state index is 0.0694. The monoisotopic (exact) mass is 370 g/mol. The van der Waals surface area contributed by atoms with Gasteiger partial charge in [-0.2, -0.15) is 0 Å². The molecule has 0 fully saturated rings. The zero-order chi connectivity index (χ0) is 19.4. The van der Waals surface area contributed by atoms with E-state index >= 15 is 0 Å². The van der Waals surface area contributed by atoms with Crippen molar-refractivity contribution in [1.82, 2.24) is 10.2 Å². The molecule has 3 rings (SSSR count). The number of nitrogens with zero attached hydrogens (tertiary/aromatic N) is 1. The van der Waals surface area contributed by atoms with Gasteiger partial charge in [0.2, 0.25) is 0 Å². The Bertz CT molecular complexity index is 820. The van der Waals surface area contributed by atoms with Gasteiger partial charge in [-0.05, 0) is 49.5 Å². The number of nitrogens with one attached hydrogen (secondary N) is 1. The molecule has 2 aromatic rings. The summed E-state index contributed by atoms with van der Waals surface area (Å²) in [6.07, 6.45) is 0.932. The van der Waals surface area contributed by atoms with Crippen molar-refractivity contribution in [2.75, 3.05) is 41.5 Å². The highest BCUT2D eigenvalue weighted by Gasteiger charge is 2.20. The molecule has 1 amide bonds. The number of benzene rings is 2. The Morgan fingerprint density at radius 2 is 1.93 bits per heavy atom. The van der Waals surface area contributed by atoms with Crippen LogP contribution in [0.25, 0.3) is 0 Å². The largest absolute Gasteiger partial charge is 0.493 e. The average Bonchev–Trinajstić information content (AvgIpc) is 3.15. The van der Waals surface area contributed by atoms with E-state index in [1.54, 1.807) is 32.4 Å². The Balaban J connectivity index is 1.72. The minimum Gasteiger partial charge on any atom is -0.493 e. The molecular formula is C21H26N2O4. The molecule has 1 aliphatic rings. The van der Waals surface area contributed by atoms with Crippen molar-refractivity contribution in [3.63, 3.8) is 0 Å². The molecule has 27 heavy (non-hydrogen) atoms. The van der Waals surface area contributed by atoms with E-state index in [-0.39, 0.29) is 11.9 Å². The second-order valence-corrected chi connectivity index (χ2v) is 6.72. The van der Waals surface area contributed by atoms with Gasteiger partial charge in [-0.1, -0.05) is 12.1 Å². The van der Waals surface area contributed by atoms with Crippen LogP contribution in [0.3, 0.4) is 0 Å². The van der Waals surface area contributed by atoms with E-state index in [4.69, 9.17) is 14.2 Å². The molecule has 0 spiro atoms. The van der Waals surface area contributed by atoms with Crippen LogP contribution < -0.4 is 19.5 Å². The van der Waals surface area contributed by atoms with Crippen LogP contribution in [0, 0.1) is 0 Å². The summed E-state index contributed by atoms with van der Waals surface area (Å²) < 4.78 is 16.1. The molecule has 0 aromatic heterocycles. The number of carbonyl (C=O) groups excluding carboxylic acids is 1. The Labute approximate surface area is 160 Å². The maximum Gasteiger partial charge on any atom is 0.251 e. The van der Waals surface area contributed by atoms with Crippen LogP contribution in [-0.4, -0.2) is 52.3 Å². The summed E-state index contributed by atoms with van der Waals surface area (Å²) in [5.74, 6) is 1.95. The number of hydrogen-bond donors (Lipinski definition) is 1. The average molecular weight is 370 g/mol. The predicted octanol–water partition coefficient (Wildman–Crippen LogP) is 2.67. The summed E-state index contributed by atoms with van der Waals surface area (Å²) in [4.78, 5) is 14.7. The van der Waals surface area contributed by atoms with Crippen LogP contribution >= 0.6 is 0 Å². The smallest absolute Gasteiger partial charge is 0.251 e. The van der Waals surface area contributed by atoms with Gasteiger partial charge in [0, 0.05) is 18.5 Å². The maximum absolute atomic E-state index is 12.6. The van der Waals surface area contributed by atoms with Crippen molar-refractivity contribution in [1.29, 1.82) is 0 Å². The molecule has 6 nitrogen and oxygen atoms in total. The summed E-state index contributed by atoms with van der Waals surface area (Å²) in [5, 5.41) is 3.03. The molecule has 2 aromatic carbocycles. The number of hydrogen-bond acceptors (Lipinski definition) is 5. The summed E-state index contributed by atoms with van der Waals surface area (Å²) in [6, 6.07) is 11.5. The molecule has 0 radical (unpaired) electrons. The molecule has 144 valence electrons. The molecule has 1 atom stereocenters. The van der Waals surface area contributed by atoms with Crippen LogP contribution in [0.5, 0.6) is 17.2 Å². The number of fused-ring (bicyclic) bond motifs is 1. The first-order valence-electron chi connectivity index (χ1n) is 8.95. The van der Waals surface area contributed by atoms with Gasteiger partial charge < -0.3 is 24.4 Å². The molecule has 0 aliphatic carbocycles. The fraction of sp³-hybridized carbons (Fsp3) is 0.381. The van der Waals surface area contributed by atoms with Gasteiger partial charge in [-0.15, -0.1) is 0 Å². The molecular weight excluding hydrogens is 344 g/mol. The van der Waals surface area contributed by atoms with Gasteiger partial charge >= 0.3 is 0 Å².